The molecule has 2 saturated heterocycles. The van der Waals surface area contributed by atoms with Crippen molar-refractivity contribution in [2.75, 3.05) is 45.9 Å². The first kappa shape index (κ1) is 21.6. The summed E-state index contributed by atoms with van der Waals surface area (Å²) in [4.78, 5) is 35.9. The quantitative estimate of drug-likeness (QED) is 0.594. The monoisotopic (exact) mass is 479 g/mol. The summed E-state index contributed by atoms with van der Waals surface area (Å²) in [6, 6.07) is 14.9. The maximum Gasteiger partial charge on any atom is 0.246 e. The average molecular weight is 480 g/mol. The van der Waals surface area contributed by atoms with Crippen LogP contribution in [0.1, 0.15) is 22.9 Å². The van der Waals surface area contributed by atoms with E-state index in [1.54, 1.807) is 9.80 Å². The maximum atomic E-state index is 13.7. The third kappa shape index (κ3) is 3.68. The number of para-hydroxylation sites is 1. The molecule has 0 saturated carbocycles. The zero-order valence-corrected chi connectivity index (χ0v) is 19.7. The number of carbonyl (C=O) groups excluding carboxylic acids is 2. The molecule has 3 aromatic rings. The van der Waals surface area contributed by atoms with Crippen LogP contribution in [0.2, 0.25) is 5.02 Å². The number of quaternary nitrogens is 1. The molecule has 0 spiro atoms. The molecule has 34 heavy (non-hydrogen) atoms. The number of hydrogen-bond acceptors (Lipinski definition) is 3. The largest absolute Gasteiger partial charge is 0.370 e. The number of halogens is 1. The Morgan fingerprint density at radius 2 is 1.82 bits per heavy atom. The molecular weight excluding hydrogens is 452 g/mol. The molecule has 2 atom stereocenters. The van der Waals surface area contributed by atoms with Crippen LogP contribution in [0.3, 0.4) is 0 Å². The molecule has 176 valence electrons. The van der Waals surface area contributed by atoms with Crippen LogP contribution in [0.4, 0.5) is 0 Å². The van der Waals surface area contributed by atoms with Gasteiger partial charge in [0.25, 0.3) is 0 Å². The van der Waals surface area contributed by atoms with Gasteiger partial charge >= 0.3 is 0 Å². The van der Waals surface area contributed by atoms with Crippen molar-refractivity contribution in [3.8, 4) is 0 Å². The van der Waals surface area contributed by atoms with Gasteiger partial charge in [-0.25, -0.2) is 0 Å². The molecule has 4 heterocycles. The number of aromatic amines is 1. The second kappa shape index (κ2) is 8.73. The Morgan fingerprint density at radius 1 is 1.06 bits per heavy atom. The van der Waals surface area contributed by atoms with Crippen LogP contribution in [0, 0.1) is 0 Å². The summed E-state index contributed by atoms with van der Waals surface area (Å²) in [6.45, 7) is 4.96. The topological polar surface area (TPSA) is 70.1 Å². The molecule has 3 aliphatic rings. The molecule has 0 radical (unpaired) electrons. The van der Waals surface area contributed by atoms with Gasteiger partial charge in [-0.1, -0.05) is 41.9 Å². The zero-order chi connectivity index (χ0) is 23.2. The van der Waals surface area contributed by atoms with Gasteiger partial charge in [-0.2, -0.15) is 0 Å². The van der Waals surface area contributed by atoms with E-state index in [1.807, 2.05) is 42.5 Å². The van der Waals surface area contributed by atoms with Crippen molar-refractivity contribution in [3.63, 3.8) is 0 Å². The standard InChI is InChI=1S/C26H27ClN4O3/c27-18-7-5-17(6-8-18)25-24-20(19-3-1-2-4-21(19)28-24)15-22-26(33)30(16-23(32)31(22)25)10-9-29-11-13-34-14-12-29/h1-8,22,25,28H,9-16H2/p+1/t22-,25-/m1/s1. The summed E-state index contributed by atoms with van der Waals surface area (Å²) < 4.78 is 5.45. The van der Waals surface area contributed by atoms with E-state index in [-0.39, 0.29) is 24.4 Å². The highest BCUT2D eigenvalue weighted by Crippen LogP contribution is 2.42. The Balaban J connectivity index is 1.37. The minimum Gasteiger partial charge on any atom is -0.370 e. The van der Waals surface area contributed by atoms with E-state index in [0.29, 0.717) is 18.0 Å². The van der Waals surface area contributed by atoms with E-state index in [9.17, 15) is 9.59 Å². The van der Waals surface area contributed by atoms with E-state index < -0.39 is 6.04 Å². The number of nitrogens with zero attached hydrogens (tertiary/aromatic N) is 2. The Hall–Kier alpha value is -2.87. The summed E-state index contributed by atoms with van der Waals surface area (Å²) >= 11 is 6.16. The van der Waals surface area contributed by atoms with Gasteiger partial charge in [0.1, 0.15) is 25.7 Å². The molecule has 0 aliphatic carbocycles. The highest BCUT2D eigenvalue weighted by molar-refractivity contribution is 6.30. The van der Waals surface area contributed by atoms with E-state index in [1.165, 1.54) is 4.90 Å². The molecule has 3 aliphatic heterocycles. The summed E-state index contributed by atoms with van der Waals surface area (Å²) in [6.07, 6.45) is 0.523. The van der Waals surface area contributed by atoms with Crippen molar-refractivity contribution in [1.82, 2.24) is 14.8 Å². The average Bonchev–Trinajstić information content (AvgIpc) is 3.24. The van der Waals surface area contributed by atoms with Crippen LogP contribution in [0.25, 0.3) is 10.9 Å². The van der Waals surface area contributed by atoms with Crippen molar-refractivity contribution in [3.05, 3.63) is 70.4 Å². The minimum absolute atomic E-state index is 0.00849. The van der Waals surface area contributed by atoms with E-state index in [4.69, 9.17) is 16.3 Å². The van der Waals surface area contributed by atoms with Crippen LogP contribution >= 0.6 is 11.6 Å². The Kier molecular flexibility index (Phi) is 5.56. The number of carbonyl (C=O) groups is 2. The number of fused-ring (bicyclic) bond motifs is 4. The van der Waals surface area contributed by atoms with Crippen LogP contribution in [0.5, 0.6) is 0 Å². The number of aromatic nitrogens is 1. The molecule has 0 unspecified atom stereocenters. The number of ether oxygens (including phenoxy) is 1. The molecule has 6 rings (SSSR count). The van der Waals surface area contributed by atoms with Gasteiger partial charge in [0.2, 0.25) is 11.8 Å². The van der Waals surface area contributed by atoms with Gasteiger partial charge in [-0.15, -0.1) is 0 Å². The first-order chi connectivity index (χ1) is 16.6. The van der Waals surface area contributed by atoms with Crippen LogP contribution in [-0.4, -0.2) is 78.6 Å². The van der Waals surface area contributed by atoms with Gasteiger partial charge in [-0.05, 0) is 29.3 Å². The van der Waals surface area contributed by atoms with Crippen molar-refractivity contribution < 1.29 is 19.2 Å². The lowest BCUT2D eigenvalue weighted by atomic mass is 9.86. The number of amides is 2. The normalized spacial score (nSPS) is 23.3. The van der Waals surface area contributed by atoms with Gasteiger partial charge in [0.15, 0.2) is 0 Å². The predicted octanol–water partition coefficient (Wildman–Crippen LogP) is 1.42. The fraction of sp³-hybridized carbons (Fsp3) is 0.385. The summed E-state index contributed by atoms with van der Waals surface area (Å²) in [7, 11) is 0. The lowest BCUT2D eigenvalue weighted by Gasteiger charge is -2.47. The number of benzene rings is 2. The first-order valence-corrected chi connectivity index (χ1v) is 12.3. The number of morpholine rings is 1. The highest BCUT2D eigenvalue weighted by atomic mass is 35.5. The molecule has 8 heteroatoms. The van der Waals surface area contributed by atoms with E-state index >= 15 is 0 Å². The predicted molar refractivity (Wildman–Crippen MR) is 129 cm³/mol. The maximum absolute atomic E-state index is 13.7. The third-order valence-electron chi connectivity index (χ3n) is 7.46. The van der Waals surface area contributed by atoms with Crippen molar-refractivity contribution in [2.45, 2.75) is 18.5 Å². The van der Waals surface area contributed by atoms with Gasteiger partial charge in [-0.3, -0.25) is 9.59 Å². The molecule has 0 bridgehead atoms. The van der Waals surface area contributed by atoms with Gasteiger partial charge in [0.05, 0.1) is 32.3 Å². The second-order valence-electron chi connectivity index (χ2n) is 9.41. The highest BCUT2D eigenvalue weighted by Gasteiger charge is 2.48. The Morgan fingerprint density at radius 3 is 2.62 bits per heavy atom. The van der Waals surface area contributed by atoms with Crippen LogP contribution in [0.15, 0.2) is 48.5 Å². The minimum atomic E-state index is -0.506. The third-order valence-corrected chi connectivity index (χ3v) is 7.72. The molecular formula is C26H28ClN4O3+. The summed E-state index contributed by atoms with van der Waals surface area (Å²) in [5, 5.41) is 1.76. The molecule has 7 nitrogen and oxygen atoms in total. The van der Waals surface area contributed by atoms with Crippen LogP contribution in [-0.2, 0) is 20.7 Å². The molecule has 2 N–H and O–H groups in total. The van der Waals surface area contributed by atoms with E-state index in [2.05, 4.69) is 11.1 Å². The molecule has 1 aromatic heterocycles. The lowest BCUT2D eigenvalue weighted by Crippen LogP contribution is -3.14. The van der Waals surface area contributed by atoms with E-state index in [0.717, 1.165) is 60.6 Å². The summed E-state index contributed by atoms with van der Waals surface area (Å²) in [5.41, 5.74) is 4.10. The van der Waals surface area contributed by atoms with Crippen LogP contribution < -0.4 is 4.90 Å². The molecule has 2 fully saturated rings. The summed E-state index contributed by atoms with van der Waals surface area (Å²) in [5.74, 6) is 0.0352. The number of piperazine rings is 1. The van der Waals surface area contributed by atoms with Crippen molar-refractivity contribution >= 4 is 34.3 Å². The molecule has 2 aromatic carbocycles. The first-order valence-electron chi connectivity index (χ1n) is 12.0. The smallest absolute Gasteiger partial charge is 0.246 e. The Labute approximate surface area is 203 Å². The van der Waals surface area contributed by atoms with Crippen molar-refractivity contribution in [2.24, 2.45) is 0 Å². The Bertz CT molecular complexity index is 1230. The zero-order valence-electron chi connectivity index (χ0n) is 18.9. The van der Waals surface area contributed by atoms with Gasteiger partial charge < -0.3 is 24.4 Å². The second-order valence-corrected chi connectivity index (χ2v) is 9.85. The fourth-order valence-electron chi connectivity index (χ4n) is 5.71. The van der Waals surface area contributed by atoms with Crippen molar-refractivity contribution in [1.29, 1.82) is 0 Å². The lowest BCUT2D eigenvalue weighted by molar-refractivity contribution is -0.907. The number of rotatable bonds is 4. The number of H-pyrrole nitrogens is 1. The number of hydrogen-bond donors (Lipinski definition) is 2. The molecule has 2 amide bonds. The SMILES string of the molecule is O=C1[C@H]2Cc3c([nH]c4ccccc34)[C@@H](c3ccc(Cl)cc3)N2C(=O)CN1CC[NH+]1CCOCC1. The van der Waals surface area contributed by atoms with Gasteiger partial charge in [0, 0.05) is 28.0 Å². The number of nitrogens with one attached hydrogen (secondary N) is 2. The fourth-order valence-corrected chi connectivity index (χ4v) is 5.83.